The third-order valence-electron chi connectivity index (χ3n) is 5.20. The maximum absolute atomic E-state index is 12.9. The molecule has 0 bridgehead atoms. The molecule has 0 aromatic heterocycles. The summed E-state index contributed by atoms with van der Waals surface area (Å²) in [6.45, 7) is 1.76. The summed E-state index contributed by atoms with van der Waals surface area (Å²) in [5.74, 6) is 0.0440. The number of para-hydroxylation sites is 1. The molecule has 5 heteroatoms. The minimum Gasteiger partial charge on any atom is -0.483 e. The molecule has 0 aliphatic carbocycles. The predicted molar refractivity (Wildman–Crippen MR) is 127 cm³/mol. The van der Waals surface area contributed by atoms with Crippen LogP contribution < -0.4 is 15.4 Å². The van der Waals surface area contributed by atoms with Crippen molar-refractivity contribution in [1.82, 2.24) is 5.32 Å². The van der Waals surface area contributed by atoms with Crippen LogP contribution in [0.3, 0.4) is 0 Å². The second-order valence-corrected chi connectivity index (χ2v) is 7.47. The summed E-state index contributed by atoms with van der Waals surface area (Å²) in [5.41, 5.74) is 1.84. The van der Waals surface area contributed by atoms with Crippen LogP contribution in [-0.2, 0) is 4.79 Å². The van der Waals surface area contributed by atoms with Crippen molar-refractivity contribution in [2.45, 2.75) is 13.0 Å². The normalized spacial score (nSPS) is 11.5. The van der Waals surface area contributed by atoms with Crippen molar-refractivity contribution in [2.75, 3.05) is 11.9 Å². The summed E-state index contributed by atoms with van der Waals surface area (Å²) in [7, 11) is 0. The fourth-order valence-corrected chi connectivity index (χ4v) is 3.54. The Bertz CT molecular complexity index is 1230. The standard InChI is InChI=1S/C27H24N2O3/c1-19(20-10-3-2-4-11-20)28-27(31)23-15-7-8-16-24(23)29-26(30)18-32-25-17-9-13-21-12-5-6-14-22(21)25/h2-17,19H,18H2,1H3,(H,28,31)(H,29,30)/t19-/m1/s1. The minimum atomic E-state index is -0.339. The molecule has 0 fully saturated rings. The van der Waals surface area contributed by atoms with Gasteiger partial charge in [0.15, 0.2) is 6.61 Å². The Labute approximate surface area is 187 Å². The second kappa shape index (κ2) is 9.79. The summed E-state index contributed by atoms with van der Waals surface area (Å²) < 4.78 is 5.76. The van der Waals surface area contributed by atoms with Gasteiger partial charge in [0.2, 0.25) is 0 Å². The number of rotatable bonds is 7. The van der Waals surface area contributed by atoms with Gasteiger partial charge in [0.25, 0.3) is 11.8 Å². The Hall–Kier alpha value is -4.12. The van der Waals surface area contributed by atoms with Crippen LogP contribution >= 0.6 is 0 Å². The average Bonchev–Trinajstić information content (AvgIpc) is 2.83. The molecule has 0 saturated heterocycles. The number of carbonyl (C=O) groups is 2. The summed E-state index contributed by atoms with van der Waals surface area (Å²) >= 11 is 0. The highest BCUT2D eigenvalue weighted by molar-refractivity contribution is 6.04. The Balaban J connectivity index is 1.42. The number of benzene rings is 4. The van der Waals surface area contributed by atoms with Gasteiger partial charge >= 0.3 is 0 Å². The van der Waals surface area contributed by atoms with E-state index in [0.717, 1.165) is 16.3 Å². The van der Waals surface area contributed by atoms with E-state index in [4.69, 9.17) is 4.74 Å². The molecule has 32 heavy (non-hydrogen) atoms. The summed E-state index contributed by atoms with van der Waals surface area (Å²) in [6.07, 6.45) is 0. The van der Waals surface area contributed by atoms with Gasteiger partial charge < -0.3 is 15.4 Å². The number of anilines is 1. The molecular formula is C27H24N2O3. The van der Waals surface area contributed by atoms with E-state index in [0.29, 0.717) is 17.0 Å². The van der Waals surface area contributed by atoms with Gasteiger partial charge in [0.1, 0.15) is 5.75 Å². The van der Waals surface area contributed by atoms with E-state index in [1.165, 1.54) is 0 Å². The van der Waals surface area contributed by atoms with Crippen molar-refractivity contribution in [2.24, 2.45) is 0 Å². The van der Waals surface area contributed by atoms with Gasteiger partial charge in [-0.1, -0.05) is 78.9 Å². The summed E-state index contributed by atoms with van der Waals surface area (Å²) in [5, 5.41) is 7.76. The van der Waals surface area contributed by atoms with Crippen LogP contribution in [0, 0.1) is 0 Å². The quantitative estimate of drug-likeness (QED) is 0.420. The van der Waals surface area contributed by atoms with E-state index in [9.17, 15) is 9.59 Å². The van der Waals surface area contributed by atoms with Gasteiger partial charge in [0.05, 0.1) is 17.3 Å². The lowest BCUT2D eigenvalue weighted by atomic mass is 10.1. The number of nitrogens with one attached hydrogen (secondary N) is 2. The lowest BCUT2D eigenvalue weighted by Crippen LogP contribution is -2.28. The van der Waals surface area contributed by atoms with Crippen LogP contribution in [0.5, 0.6) is 5.75 Å². The zero-order valence-electron chi connectivity index (χ0n) is 17.7. The molecule has 0 saturated carbocycles. The SMILES string of the molecule is C[C@@H](NC(=O)c1ccccc1NC(=O)COc1cccc2ccccc12)c1ccccc1. The molecule has 0 aliphatic rings. The third-order valence-corrected chi connectivity index (χ3v) is 5.20. The zero-order valence-corrected chi connectivity index (χ0v) is 17.7. The monoisotopic (exact) mass is 424 g/mol. The predicted octanol–water partition coefficient (Wildman–Crippen LogP) is 5.35. The van der Waals surface area contributed by atoms with Crippen LogP contribution in [0.15, 0.2) is 97.1 Å². The average molecular weight is 425 g/mol. The van der Waals surface area contributed by atoms with Gasteiger partial charge in [-0.15, -0.1) is 0 Å². The molecule has 4 aromatic carbocycles. The topological polar surface area (TPSA) is 67.4 Å². The van der Waals surface area contributed by atoms with Gasteiger partial charge in [-0.3, -0.25) is 9.59 Å². The minimum absolute atomic E-state index is 0.162. The van der Waals surface area contributed by atoms with Crippen molar-refractivity contribution in [1.29, 1.82) is 0 Å². The highest BCUT2D eigenvalue weighted by Gasteiger charge is 2.16. The summed E-state index contributed by atoms with van der Waals surface area (Å²) in [4.78, 5) is 25.4. The molecule has 2 N–H and O–H groups in total. The Morgan fingerprint density at radius 3 is 2.34 bits per heavy atom. The highest BCUT2D eigenvalue weighted by atomic mass is 16.5. The van der Waals surface area contributed by atoms with E-state index >= 15 is 0 Å². The molecule has 160 valence electrons. The van der Waals surface area contributed by atoms with Crippen molar-refractivity contribution in [3.8, 4) is 5.75 Å². The first-order valence-corrected chi connectivity index (χ1v) is 10.5. The van der Waals surface area contributed by atoms with Crippen LogP contribution in [0.2, 0.25) is 0 Å². The maximum atomic E-state index is 12.9. The number of ether oxygens (including phenoxy) is 1. The van der Waals surface area contributed by atoms with E-state index in [1.54, 1.807) is 24.3 Å². The van der Waals surface area contributed by atoms with Gasteiger partial charge in [-0.05, 0) is 36.1 Å². The maximum Gasteiger partial charge on any atom is 0.262 e. The fourth-order valence-electron chi connectivity index (χ4n) is 3.54. The smallest absolute Gasteiger partial charge is 0.262 e. The molecule has 2 amide bonds. The molecule has 0 radical (unpaired) electrons. The molecule has 1 atom stereocenters. The van der Waals surface area contributed by atoms with E-state index in [1.807, 2.05) is 79.7 Å². The van der Waals surface area contributed by atoms with Crippen molar-refractivity contribution >= 4 is 28.3 Å². The first kappa shape index (κ1) is 21.1. The van der Waals surface area contributed by atoms with Crippen molar-refractivity contribution in [3.05, 3.63) is 108 Å². The lowest BCUT2D eigenvalue weighted by molar-refractivity contribution is -0.118. The Morgan fingerprint density at radius 1 is 0.812 bits per heavy atom. The highest BCUT2D eigenvalue weighted by Crippen LogP contribution is 2.25. The molecule has 0 aliphatic heterocycles. The van der Waals surface area contributed by atoms with E-state index in [2.05, 4.69) is 10.6 Å². The van der Waals surface area contributed by atoms with E-state index in [-0.39, 0.29) is 24.5 Å². The Kier molecular flexibility index (Phi) is 6.46. The molecule has 5 nitrogen and oxygen atoms in total. The van der Waals surface area contributed by atoms with Crippen LogP contribution in [-0.4, -0.2) is 18.4 Å². The van der Waals surface area contributed by atoms with Gasteiger partial charge in [0, 0.05) is 5.39 Å². The van der Waals surface area contributed by atoms with Crippen LogP contribution in [0.25, 0.3) is 10.8 Å². The van der Waals surface area contributed by atoms with E-state index < -0.39 is 0 Å². The van der Waals surface area contributed by atoms with Gasteiger partial charge in [-0.25, -0.2) is 0 Å². The number of hydrogen-bond acceptors (Lipinski definition) is 3. The second-order valence-electron chi connectivity index (χ2n) is 7.47. The molecule has 0 heterocycles. The first-order valence-electron chi connectivity index (χ1n) is 10.5. The number of hydrogen-bond donors (Lipinski definition) is 2. The Morgan fingerprint density at radius 2 is 1.50 bits per heavy atom. The molecule has 0 unspecified atom stereocenters. The lowest BCUT2D eigenvalue weighted by Gasteiger charge is -2.16. The molecule has 4 aromatic rings. The molecular weight excluding hydrogens is 400 g/mol. The largest absolute Gasteiger partial charge is 0.483 e. The third kappa shape index (κ3) is 4.95. The van der Waals surface area contributed by atoms with Crippen LogP contribution in [0.4, 0.5) is 5.69 Å². The number of amides is 2. The number of fused-ring (bicyclic) bond motifs is 1. The van der Waals surface area contributed by atoms with Crippen LogP contribution in [0.1, 0.15) is 28.9 Å². The molecule has 4 rings (SSSR count). The van der Waals surface area contributed by atoms with Crippen molar-refractivity contribution in [3.63, 3.8) is 0 Å². The summed E-state index contributed by atoms with van der Waals surface area (Å²) in [6, 6.07) is 30.1. The zero-order chi connectivity index (χ0) is 22.3. The first-order chi connectivity index (χ1) is 15.6. The molecule has 0 spiro atoms. The number of carbonyl (C=O) groups excluding carboxylic acids is 2. The van der Waals surface area contributed by atoms with Crippen molar-refractivity contribution < 1.29 is 14.3 Å². The fraction of sp³-hybridized carbons (Fsp3) is 0.111. The van der Waals surface area contributed by atoms with Gasteiger partial charge in [-0.2, -0.15) is 0 Å².